The Balaban J connectivity index is 3.35. The Labute approximate surface area is 79.9 Å². The standard InChI is InChI=1S/C6H3F5N4/c1-15-3(2-12)4(13-14-15)5(7,8)6(9,10)11/h1H3. The topological polar surface area (TPSA) is 54.5 Å². The number of halogens is 5. The first-order chi connectivity index (χ1) is 6.71. The minimum absolute atomic E-state index is 0.551. The van der Waals surface area contributed by atoms with Crippen LogP contribution in [0.5, 0.6) is 0 Å². The lowest BCUT2D eigenvalue weighted by Gasteiger charge is -2.16. The fourth-order valence-corrected chi connectivity index (χ4v) is 0.828. The van der Waals surface area contributed by atoms with Crippen molar-refractivity contribution >= 4 is 0 Å². The van der Waals surface area contributed by atoms with Gasteiger partial charge in [-0.1, -0.05) is 5.21 Å². The summed E-state index contributed by atoms with van der Waals surface area (Å²) in [4.78, 5) is 0. The van der Waals surface area contributed by atoms with Crippen molar-refractivity contribution in [3.8, 4) is 6.07 Å². The number of rotatable bonds is 1. The van der Waals surface area contributed by atoms with Gasteiger partial charge in [-0.3, -0.25) is 0 Å². The van der Waals surface area contributed by atoms with Crippen molar-refractivity contribution in [1.29, 1.82) is 5.26 Å². The maximum Gasteiger partial charge on any atom is 0.459 e. The van der Waals surface area contributed by atoms with Crippen molar-refractivity contribution < 1.29 is 22.0 Å². The molecule has 0 radical (unpaired) electrons. The van der Waals surface area contributed by atoms with E-state index in [0.29, 0.717) is 4.68 Å². The highest BCUT2D eigenvalue weighted by molar-refractivity contribution is 5.29. The Morgan fingerprint density at radius 1 is 1.27 bits per heavy atom. The summed E-state index contributed by atoms with van der Waals surface area (Å²) in [6.45, 7) is 0. The van der Waals surface area contributed by atoms with Gasteiger partial charge in [0.1, 0.15) is 6.07 Å². The van der Waals surface area contributed by atoms with Crippen LogP contribution in [0.15, 0.2) is 0 Å². The quantitative estimate of drug-likeness (QED) is 0.679. The number of nitriles is 1. The van der Waals surface area contributed by atoms with E-state index in [0.717, 1.165) is 7.05 Å². The van der Waals surface area contributed by atoms with Crippen LogP contribution in [0.1, 0.15) is 11.4 Å². The van der Waals surface area contributed by atoms with Gasteiger partial charge in [0.2, 0.25) is 0 Å². The molecule has 1 aromatic heterocycles. The zero-order valence-corrected chi connectivity index (χ0v) is 7.18. The molecule has 0 aliphatic rings. The molecule has 9 heteroatoms. The monoisotopic (exact) mass is 226 g/mol. The first kappa shape index (κ1) is 11.4. The predicted octanol–water partition coefficient (Wildman–Crippen LogP) is 1.34. The lowest BCUT2D eigenvalue weighted by atomic mass is 10.2. The molecule has 0 N–H and O–H groups in total. The molecule has 15 heavy (non-hydrogen) atoms. The van der Waals surface area contributed by atoms with Crippen LogP contribution in [0, 0.1) is 11.3 Å². The Morgan fingerprint density at radius 2 is 1.80 bits per heavy atom. The summed E-state index contributed by atoms with van der Waals surface area (Å²) in [6.07, 6.45) is -5.80. The second-order valence-corrected chi connectivity index (χ2v) is 2.59. The van der Waals surface area contributed by atoms with E-state index in [4.69, 9.17) is 5.26 Å². The minimum Gasteiger partial charge on any atom is -0.237 e. The summed E-state index contributed by atoms with van der Waals surface area (Å²) in [6, 6.07) is 1.18. The first-order valence-corrected chi connectivity index (χ1v) is 3.46. The van der Waals surface area contributed by atoms with Gasteiger partial charge in [0, 0.05) is 7.05 Å². The predicted molar refractivity (Wildman–Crippen MR) is 35.7 cm³/mol. The molecule has 1 heterocycles. The largest absolute Gasteiger partial charge is 0.459 e. The summed E-state index contributed by atoms with van der Waals surface area (Å²) in [5.41, 5.74) is -2.60. The molecule has 1 aromatic rings. The van der Waals surface area contributed by atoms with E-state index in [1.807, 2.05) is 0 Å². The number of hydrogen-bond donors (Lipinski definition) is 0. The Bertz CT molecular complexity index is 412. The first-order valence-electron chi connectivity index (χ1n) is 3.46. The zero-order chi connectivity index (χ0) is 11.9. The highest BCUT2D eigenvalue weighted by Crippen LogP contribution is 2.43. The van der Waals surface area contributed by atoms with Crippen molar-refractivity contribution in [3.63, 3.8) is 0 Å². The van der Waals surface area contributed by atoms with Gasteiger partial charge in [-0.25, -0.2) is 4.68 Å². The Morgan fingerprint density at radius 3 is 2.20 bits per heavy atom. The van der Waals surface area contributed by atoms with Gasteiger partial charge >= 0.3 is 12.1 Å². The SMILES string of the molecule is Cn1nnc(C(F)(F)C(F)(F)F)c1C#N. The van der Waals surface area contributed by atoms with E-state index >= 15 is 0 Å². The molecule has 4 nitrogen and oxygen atoms in total. The molecule has 0 amide bonds. The van der Waals surface area contributed by atoms with Crippen LogP contribution in [0.2, 0.25) is 0 Å². The summed E-state index contributed by atoms with van der Waals surface area (Å²) in [7, 11) is 1.04. The van der Waals surface area contributed by atoms with Gasteiger partial charge in [0.25, 0.3) is 0 Å². The third-order valence-electron chi connectivity index (χ3n) is 1.59. The number of hydrogen-bond acceptors (Lipinski definition) is 3. The van der Waals surface area contributed by atoms with Gasteiger partial charge in [-0.05, 0) is 0 Å². The van der Waals surface area contributed by atoms with Gasteiger partial charge in [-0.2, -0.15) is 27.2 Å². The highest BCUT2D eigenvalue weighted by atomic mass is 19.4. The number of aryl methyl sites for hydroxylation is 1. The number of nitrogens with zero attached hydrogens (tertiary/aromatic N) is 4. The fraction of sp³-hybridized carbons (Fsp3) is 0.500. The van der Waals surface area contributed by atoms with E-state index in [1.54, 1.807) is 0 Å². The number of aromatic nitrogens is 3. The summed E-state index contributed by atoms with van der Waals surface area (Å²) < 4.78 is 61.7. The molecule has 0 unspecified atom stereocenters. The molecule has 0 aliphatic carbocycles. The van der Waals surface area contributed by atoms with E-state index in [1.165, 1.54) is 6.07 Å². The Hall–Kier alpha value is -1.72. The summed E-state index contributed by atoms with van der Waals surface area (Å²) in [5.74, 6) is -5.17. The zero-order valence-electron chi connectivity index (χ0n) is 7.18. The summed E-state index contributed by atoms with van der Waals surface area (Å²) in [5, 5.41) is 13.9. The van der Waals surface area contributed by atoms with E-state index in [2.05, 4.69) is 10.3 Å². The summed E-state index contributed by atoms with van der Waals surface area (Å²) >= 11 is 0. The van der Waals surface area contributed by atoms with Crippen LogP contribution in [0.3, 0.4) is 0 Å². The van der Waals surface area contributed by atoms with Crippen LogP contribution in [-0.2, 0) is 13.0 Å². The third-order valence-corrected chi connectivity index (χ3v) is 1.59. The maximum atomic E-state index is 12.7. The van der Waals surface area contributed by atoms with Crippen molar-refractivity contribution in [2.24, 2.45) is 7.05 Å². The van der Waals surface area contributed by atoms with Crippen LogP contribution in [-0.4, -0.2) is 21.2 Å². The lowest BCUT2D eigenvalue weighted by molar-refractivity contribution is -0.291. The number of alkyl halides is 5. The molecule has 0 spiro atoms. The van der Waals surface area contributed by atoms with Gasteiger partial charge in [0.15, 0.2) is 11.4 Å². The van der Waals surface area contributed by atoms with E-state index < -0.39 is 23.5 Å². The van der Waals surface area contributed by atoms with E-state index in [9.17, 15) is 22.0 Å². The molecule has 0 aliphatic heterocycles. The van der Waals surface area contributed by atoms with Gasteiger partial charge < -0.3 is 0 Å². The van der Waals surface area contributed by atoms with Crippen LogP contribution >= 0.6 is 0 Å². The molecular weight excluding hydrogens is 223 g/mol. The average molecular weight is 226 g/mol. The Kier molecular flexibility index (Phi) is 2.38. The molecule has 0 bridgehead atoms. The van der Waals surface area contributed by atoms with Crippen molar-refractivity contribution in [2.45, 2.75) is 12.1 Å². The lowest BCUT2D eigenvalue weighted by Crippen LogP contribution is -2.34. The van der Waals surface area contributed by atoms with Crippen molar-refractivity contribution in [2.75, 3.05) is 0 Å². The maximum absolute atomic E-state index is 12.7. The molecule has 0 saturated heterocycles. The van der Waals surface area contributed by atoms with Gasteiger partial charge in [-0.15, -0.1) is 5.10 Å². The van der Waals surface area contributed by atoms with Gasteiger partial charge in [0.05, 0.1) is 0 Å². The molecule has 1 rings (SSSR count). The normalized spacial score (nSPS) is 12.6. The van der Waals surface area contributed by atoms with Crippen molar-refractivity contribution in [1.82, 2.24) is 15.0 Å². The molecule has 0 fully saturated rings. The van der Waals surface area contributed by atoms with Crippen LogP contribution in [0.4, 0.5) is 22.0 Å². The molecular formula is C6H3F5N4. The third kappa shape index (κ3) is 1.62. The average Bonchev–Trinajstić information content (AvgIpc) is 2.44. The van der Waals surface area contributed by atoms with Crippen LogP contribution in [0.25, 0.3) is 0 Å². The molecule has 0 aromatic carbocycles. The molecule has 0 atom stereocenters. The second kappa shape index (κ2) is 3.15. The second-order valence-electron chi connectivity index (χ2n) is 2.59. The smallest absolute Gasteiger partial charge is 0.237 e. The van der Waals surface area contributed by atoms with Crippen LogP contribution < -0.4 is 0 Å². The fourth-order valence-electron chi connectivity index (χ4n) is 0.828. The molecule has 82 valence electrons. The molecule has 0 saturated carbocycles. The van der Waals surface area contributed by atoms with Crippen molar-refractivity contribution in [3.05, 3.63) is 11.4 Å². The minimum atomic E-state index is -5.80. The highest BCUT2D eigenvalue weighted by Gasteiger charge is 2.62. The van der Waals surface area contributed by atoms with E-state index in [-0.39, 0.29) is 0 Å².